The van der Waals surface area contributed by atoms with Crippen LogP contribution in [0.3, 0.4) is 0 Å². The first-order chi connectivity index (χ1) is 19.6. The number of nitrogens with one attached hydrogen (secondary N) is 1. The average Bonchev–Trinajstić information content (AvgIpc) is 3.46. The fourth-order valence-electron chi connectivity index (χ4n) is 6.10. The maximum Gasteiger partial charge on any atom is 0.161 e. The van der Waals surface area contributed by atoms with E-state index in [9.17, 15) is 0 Å². The third kappa shape index (κ3) is 5.53. The van der Waals surface area contributed by atoms with Gasteiger partial charge in [-0.3, -0.25) is 4.99 Å². The van der Waals surface area contributed by atoms with E-state index in [4.69, 9.17) is 14.5 Å². The predicted molar refractivity (Wildman–Crippen MR) is 164 cm³/mol. The Morgan fingerprint density at radius 1 is 0.875 bits per heavy atom. The number of para-hydroxylation sites is 1. The Kier molecular flexibility index (Phi) is 7.41. The second-order valence-corrected chi connectivity index (χ2v) is 10.8. The molecule has 6 rings (SSSR count). The molecule has 1 aliphatic heterocycles. The van der Waals surface area contributed by atoms with E-state index in [2.05, 4.69) is 98.0 Å². The molecule has 0 fully saturated rings. The minimum absolute atomic E-state index is 0.290. The highest BCUT2D eigenvalue weighted by Crippen LogP contribution is 2.49. The standard InChI is InChI=1S/C36H36N2O2/c1-4-39-35-21-26(12-17-34(35)40-23-27-19-24(2)18-25(3)20-27)22-37-29-15-13-28(14-16-29)36-32-10-7-9-30(32)31-8-5-6-11-33(31)38-36/h5-9,11-22,30,32,36,38H,4,10,23H2,1-3H3/t30-,32+,36+/m1/s1. The van der Waals surface area contributed by atoms with E-state index in [1.54, 1.807) is 0 Å². The Morgan fingerprint density at radius 3 is 2.48 bits per heavy atom. The first-order valence-corrected chi connectivity index (χ1v) is 14.2. The Bertz CT molecular complexity index is 1530. The minimum atomic E-state index is 0.290. The summed E-state index contributed by atoms with van der Waals surface area (Å²) in [5.74, 6) is 2.49. The molecule has 3 atom stereocenters. The van der Waals surface area contributed by atoms with Gasteiger partial charge >= 0.3 is 0 Å². The quantitative estimate of drug-likeness (QED) is 0.183. The average molecular weight is 529 g/mol. The fourth-order valence-corrected chi connectivity index (χ4v) is 6.10. The number of fused-ring (bicyclic) bond motifs is 3. The number of rotatable bonds is 8. The van der Waals surface area contributed by atoms with E-state index >= 15 is 0 Å². The largest absolute Gasteiger partial charge is 0.490 e. The monoisotopic (exact) mass is 528 g/mol. The maximum atomic E-state index is 6.15. The van der Waals surface area contributed by atoms with E-state index in [-0.39, 0.29) is 6.04 Å². The lowest BCUT2D eigenvalue weighted by Gasteiger charge is -2.37. The molecule has 0 unspecified atom stereocenters. The van der Waals surface area contributed by atoms with Crippen molar-refractivity contribution in [3.05, 3.63) is 130 Å². The van der Waals surface area contributed by atoms with Crippen LogP contribution in [0.25, 0.3) is 0 Å². The summed E-state index contributed by atoms with van der Waals surface area (Å²) in [6, 6.07) is 30.1. The van der Waals surface area contributed by atoms with Crippen molar-refractivity contribution in [1.82, 2.24) is 0 Å². The van der Waals surface area contributed by atoms with Crippen LogP contribution < -0.4 is 14.8 Å². The maximum absolute atomic E-state index is 6.15. The molecule has 1 aliphatic carbocycles. The molecule has 4 nitrogen and oxygen atoms in total. The van der Waals surface area contributed by atoms with E-state index in [0.29, 0.717) is 25.0 Å². The van der Waals surface area contributed by atoms with Crippen LogP contribution in [-0.2, 0) is 6.61 Å². The SMILES string of the molecule is CCOc1cc(C=Nc2ccc([C@@H]3Nc4ccccc4[C@H]4C=CC[C@@H]43)cc2)ccc1OCc1cc(C)cc(C)c1. The summed E-state index contributed by atoms with van der Waals surface area (Å²) in [6.45, 7) is 7.27. The van der Waals surface area contributed by atoms with Crippen molar-refractivity contribution in [2.24, 2.45) is 10.9 Å². The molecule has 0 amide bonds. The molecule has 4 aromatic rings. The van der Waals surface area contributed by atoms with Gasteiger partial charge in [0.05, 0.1) is 18.3 Å². The third-order valence-electron chi connectivity index (χ3n) is 7.83. The summed E-state index contributed by atoms with van der Waals surface area (Å²) in [6.07, 6.45) is 7.70. The zero-order valence-electron chi connectivity index (χ0n) is 23.4. The lowest BCUT2D eigenvalue weighted by atomic mass is 9.77. The highest BCUT2D eigenvalue weighted by molar-refractivity contribution is 5.83. The summed E-state index contributed by atoms with van der Waals surface area (Å²) in [5.41, 5.74) is 9.48. The topological polar surface area (TPSA) is 42.8 Å². The number of aliphatic imine (C=N–C) groups is 1. The van der Waals surface area contributed by atoms with Gasteiger partial charge < -0.3 is 14.8 Å². The molecule has 0 aromatic heterocycles. The van der Waals surface area contributed by atoms with Gasteiger partial charge in [0.2, 0.25) is 0 Å². The molecule has 4 aromatic carbocycles. The number of nitrogens with zero attached hydrogens (tertiary/aromatic N) is 1. The number of hydrogen-bond acceptors (Lipinski definition) is 4. The molecule has 202 valence electrons. The molecule has 1 N–H and O–H groups in total. The van der Waals surface area contributed by atoms with Crippen molar-refractivity contribution in [1.29, 1.82) is 0 Å². The van der Waals surface area contributed by atoms with Crippen LogP contribution in [0.1, 0.15) is 58.7 Å². The van der Waals surface area contributed by atoms with Crippen LogP contribution in [0.15, 0.2) is 102 Å². The predicted octanol–water partition coefficient (Wildman–Crippen LogP) is 8.86. The molecular weight excluding hydrogens is 492 g/mol. The molecule has 1 heterocycles. The van der Waals surface area contributed by atoms with Crippen molar-refractivity contribution in [2.75, 3.05) is 11.9 Å². The number of allylic oxidation sites excluding steroid dienone is 2. The van der Waals surface area contributed by atoms with Crippen molar-refractivity contribution in [3.8, 4) is 11.5 Å². The molecule has 0 radical (unpaired) electrons. The smallest absolute Gasteiger partial charge is 0.161 e. The second kappa shape index (κ2) is 11.4. The van der Waals surface area contributed by atoms with Crippen LogP contribution in [0.2, 0.25) is 0 Å². The van der Waals surface area contributed by atoms with Crippen molar-refractivity contribution >= 4 is 17.6 Å². The molecule has 0 saturated heterocycles. The summed E-state index contributed by atoms with van der Waals surface area (Å²) < 4.78 is 12.1. The van der Waals surface area contributed by atoms with Crippen molar-refractivity contribution < 1.29 is 9.47 Å². The van der Waals surface area contributed by atoms with Crippen LogP contribution >= 0.6 is 0 Å². The third-order valence-corrected chi connectivity index (χ3v) is 7.83. The van der Waals surface area contributed by atoms with Gasteiger partial charge in [-0.1, -0.05) is 71.8 Å². The van der Waals surface area contributed by atoms with Crippen LogP contribution in [0.5, 0.6) is 11.5 Å². The summed E-state index contributed by atoms with van der Waals surface area (Å²) in [7, 11) is 0. The van der Waals surface area contributed by atoms with Gasteiger partial charge in [0.15, 0.2) is 11.5 Å². The summed E-state index contributed by atoms with van der Waals surface area (Å²) in [5, 5.41) is 3.81. The van der Waals surface area contributed by atoms with Crippen molar-refractivity contribution in [2.45, 2.75) is 45.8 Å². The van der Waals surface area contributed by atoms with Gasteiger partial charge in [0.1, 0.15) is 6.61 Å². The highest BCUT2D eigenvalue weighted by atomic mass is 16.5. The van der Waals surface area contributed by atoms with E-state index < -0.39 is 0 Å². The van der Waals surface area contributed by atoms with E-state index in [1.807, 2.05) is 31.3 Å². The lowest BCUT2D eigenvalue weighted by Crippen LogP contribution is -2.28. The Labute approximate surface area is 237 Å². The molecular formula is C36H36N2O2. The van der Waals surface area contributed by atoms with Crippen molar-refractivity contribution in [3.63, 3.8) is 0 Å². The van der Waals surface area contributed by atoms with Gasteiger partial charge in [-0.2, -0.15) is 0 Å². The summed E-state index contributed by atoms with van der Waals surface area (Å²) >= 11 is 0. The zero-order chi connectivity index (χ0) is 27.5. The van der Waals surface area contributed by atoms with Crippen LogP contribution in [-0.4, -0.2) is 12.8 Å². The summed E-state index contributed by atoms with van der Waals surface area (Å²) in [4.78, 5) is 4.75. The Hall–Kier alpha value is -4.31. The van der Waals surface area contributed by atoms with Gasteiger partial charge in [0.25, 0.3) is 0 Å². The van der Waals surface area contributed by atoms with Crippen LogP contribution in [0.4, 0.5) is 11.4 Å². The number of benzene rings is 4. The molecule has 0 spiro atoms. The van der Waals surface area contributed by atoms with Crippen LogP contribution in [0, 0.1) is 19.8 Å². The van der Waals surface area contributed by atoms with Gasteiger partial charge in [-0.15, -0.1) is 0 Å². The number of ether oxygens (including phenoxy) is 2. The lowest BCUT2D eigenvalue weighted by molar-refractivity contribution is 0.269. The molecule has 2 aliphatic rings. The molecule has 0 bridgehead atoms. The number of aryl methyl sites for hydroxylation is 2. The normalized spacial score (nSPS) is 19.2. The molecule has 40 heavy (non-hydrogen) atoms. The van der Waals surface area contributed by atoms with Gasteiger partial charge in [-0.05, 0) is 91.8 Å². The first-order valence-electron chi connectivity index (χ1n) is 14.2. The second-order valence-electron chi connectivity index (χ2n) is 10.8. The highest BCUT2D eigenvalue weighted by Gasteiger charge is 2.37. The Morgan fingerprint density at radius 2 is 1.68 bits per heavy atom. The van der Waals surface area contributed by atoms with E-state index in [0.717, 1.165) is 34.7 Å². The Balaban J connectivity index is 1.15. The molecule has 0 saturated carbocycles. The minimum Gasteiger partial charge on any atom is -0.490 e. The number of hydrogen-bond donors (Lipinski definition) is 1. The van der Waals surface area contributed by atoms with E-state index in [1.165, 1.54) is 27.9 Å². The number of anilines is 1. The fraction of sp³-hybridized carbons (Fsp3) is 0.250. The van der Waals surface area contributed by atoms with Gasteiger partial charge in [-0.25, -0.2) is 0 Å². The van der Waals surface area contributed by atoms with Gasteiger partial charge in [0, 0.05) is 17.8 Å². The molecule has 4 heteroatoms. The zero-order valence-corrected chi connectivity index (χ0v) is 23.4. The first kappa shape index (κ1) is 25.9.